The molecule has 2 unspecified atom stereocenters. The highest BCUT2D eigenvalue weighted by Gasteiger charge is 2.31. The van der Waals surface area contributed by atoms with Gasteiger partial charge in [-0.25, -0.2) is 0 Å². The summed E-state index contributed by atoms with van der Waals surface area (Å²) in [7, 11) is 0. The molecule has 3 aliphatic rings. The smallest absolute Gasteiger partial charge is 0.168 e. The van der Waals surface area contributed by atoms with Gasteiger partial charge >= 0.3 is 0 Å². The Hall–Kier alpha value is -1.48. The van der Waals surface area contributed by atoms with Crippen LogP contribution in [-0.2, 0) is 6.42 Å². The number of allylic oxidation sites excluding steroid dienone is 1. The van der Waals surface area contributed by atoms with Crippen LogP contribution in [0, 0.1) is 17.8 Å². The highest BCUT2D eigenvalue weighted by atomic mass is 16.1. The number of nitrogens with zero attached hydrogens (tertiary/aromatic N) is 2. The maximum atomic E-state index is 12.9. The summed E-state index contributed by atoms with van der Waals surface area (Å²) in [6.45, 7) is 5.52. The molecule has 0 aromatic carbocycles. The van der Waals surface area contributed by atoms with Crippen LogP contribution in [0.5, 0.6) is 0 Å². The number of piperidine rings is 1. The average molecular weight is 310 g/mol. The van der Waals surface area contributed by atoms with Crippen molar-refractivity contribution in [1.29, 1.82) is 0 Å². The third-order valence-corrected chi connectivity index (χ3v) is 5.50. The summed E-state index contributed by atoms with van der Waals surface area (Å²) in [4.78, 5) is 20.0. The van der Waals surface area contributed by atoms with Crippen molar-refractivity contribution in [3.8, 4) is 0 Å². The Kier molecular flexibility index (Phi) is 4.06. The molecule has 0 amide bonds. The van der Waals surface area contributed by atoms with Crippen LogP contribution in [0.15, 0.2) is 18.3 Å². The van der Waals surface area contributed by atoms with Crippen LogP contribution < -0.4 is 0 Å². The number of hydrogen-bond donors (Lipinski definition) is 0. The van der Waals surface area contributed by atoms with E-state index in [0.717, 1.165) is 48.5 Å². The lowest BCUT2D eigenvalue weighted by molar-refractivity contribution is 0.0814. The largest absolute Gasteiger partial charge is 0.302 e. The summed E-state index contributed by atoms with van der Waals surface area (Å²) in [6.07, 6.45) is 12.1. The lowest BCUT2D eigenvalue weighted by Crippen LogP contribution is -2.39. The molecular weight excluding hydrogens is 284 g/mol. The van der Waals surface area contributed by atoms with Crippen LogP contribution in [0.4, 0.5) is 0 Å². The maximum absolute atomic E-state index is 12.9. The first-order chi connectivity index (χ1) is 11.2. The first-order valence-corrected chi connectivity index (χ1v) is 9.13. The fourth-order valence-corrected chi connectivity index (χ4v) is 3.94. The van der Waals surface area contributed by atoms with Crippen molar-refractivity contribution in [1.82, 2.24) is 9.88 Å². The number of carbonyl (C=O) groups is 1. The minimum absolute atomic E-state index is 0.161. The van der Waals surface area contributed by atoms with Gasteiger partial charge in [0.25, 0.3) is 0 Å². The van der Waals surface area contributed by atoms with Crippen LogP contribution in [0.25, 0.3) is 6.08 Å². The minimum Gasteiger partial charge on any atom is -0.302 e. The molecule has 2 heterocycles. The highest BCUT2D eigenvalue weighted by molar-refractivity contribution is 5.98. The number of fused-ring (bicyclic) bond motifs is 1. The van der Waals surface area contributed by atoms with Crippen molar-refractivity contribution >= 4 is 11.9 Å². The van der Waals surface area contributed by atoms with E-state index in [0.29, 0.717) is 11.7 Å². The Labute approximate surface area is 138 Å². The Morgan fingerprint density at radius 2 is 2.22 bits per heavy atom. The zero-order chi connectivity index (χ0) is 15.8. The van der Waals surface area contributed by atoms with E-state index in [1.165, 1.54) is 25.9 Å². The fraction of sp³-hybridized carbons (Fsp3) is 0.600. The highest BCUT2D eigenvalue weighted by Crippen LogP contribution is 2.32. The van der Waals surface area contributed by atoms with E-state index in [2.05, 4.69) is 35.0 Å². The first-order valence-electron chi connectivity index (χ1n) is 9.13. The normalized spacial score (nSPS) is 27.7. The second kappa shape index (κ2) is 6.20. The van der Waals surface area contributed by atoms with Crippen LogP contribution in [0.1, 0.15) is 54.2 Å². The molecule has 1 aromatic heterocycles. The molecule has 1 aromatic rings. The summed E-state index contributed by atoms with van der Waals surface area (Å²) in [5.41, 5.74) is 3.08. The molecule has 4 rings (SSSR count). The fourth-order valence-electron chi connectivity index (χ4n) is 3.94. The van der Waals surface area contributed by atoms with Crippen LogP contribution in [-0.4, -0.2) is 35.3 Å². The summed E-state index contributed by atoms with van der Waals surface area (Å²) in [5.74, 6) is 1.91. The van der Waals surface area contributed by atoms with E-state index >= 15 is 0 Å². The average Bonchev–Trinajstić information content (AvgIpc) is 3.38. The van der Waals surface area contributed by atoms with Gasteiger partial charge in [0.1, 0.15) is 0 Å². The Bertz CT molecular complexity index is 633. The molecule has 1 aliphatic heterocycles. The molecule has 2 atom stereocenters. The molecule has 3 heteroatoms. The number of hydrogen-bond acceptors (Lipinski definition) is 3. The van der Waals surface area contributed by atoms with Gasteiger partial charge in [-0.05, 0) is 62.1 Å². The van der Waals surface area contributed by atoms with Crippen LogP contribution in [0.2, 0.25) is 0 Å². The molecule has 0 spiro atoms. The molecule has 3 nitrogen and oxygen atoms in total. The maximum Gasteiger partial charge on any atom is 0.168 e. The summed E-state index contributed by atoms with van der Waals surface area (Å²) in [5, 5.41) is 0. The van der Waals surface area contributed by atoms with Gasteiger partial charge in [-0.1, -0.05) is 19.1 Å². The van der Waals surface area contributed by atoms with Crippen molar-refractivity contribution in [2.75, 3.05) is 19.6 Å². The lowest BCUT2D eigenvalue weighted by Gasteiger charge is -2.32. The molecule has 1 saturated carbocycles. The standard InChI is InChI=1S/C20H26N2O/c1-14-4-7-16-10-18(11-21-19(16)9-14)20(23)17-3-2-8-22(13-17)12-15-5-6-15/h4,7,10-11,14-15,17H,2-3,5-6,8-9,12-13H2,1H3. The van der Waals surface area contributed by atoms with E-state index in [9.17, 15) is 4.79 Å². The number of Topliss-reactive ketones (excluding diaryl/α,β-unsaturated/α-hetero) is 1. The zero-order valence-electron chi connectivity index (χ0n) is 14.0. The van der Waals surface area contributed by atoms with Gasteiger partial charge in [-0.2, -0.15) is 0 Å². The summed E-state index contributed by atoms with van der Waals surface area (Å²) < 4.78 is 0. The monoisotopic (exact) mass is 310 g/mol. The van der Waals surface area contributed by atoms with Gasteiger partial charge in [0.15, 0.2) is 5.78 Å². The Morgan fingerprint density at radius 3 is 3.04 bits per heavy atom. The van der Waals surface area contributed by atoms with Gasteiger partial charge in [-0.3, -0.25) is 9.78 Å². The van der Waals surface area contributed by atoms with Gasteiger partial charge in [-0.15, -0.1) is 0 Å². The Balaban J connectivity index is 1.47. The van der Waals surface area contributed by atoms with Crippen molar-refractivity contribution in [2.45, 2.75) is 39.0 Å². The van der Waals surface area contributed by atoms with E-state index in [1.54, 1.807) is 0 Å². The predicted octanol–water partition coefficient (Wildman–Crippen LogP) is 3.59. The number of aromatic nitrogens is 1. The zero-order valence-corrected chi connectivity index (χ0v) is 14.0. The summed E-state index contributed by atoms with van der Waals surface area (Å²) in [6, 6.07) is 2.06. The van der Waals surface area contributed by atoms with Gasteiger partial charge in [0.2, 0.25) is 0 Å². The van der Waals surface area contributed by atoms with Crippen molar-refractivity contribution in [3.63, 3.8) is 0 Å². The molecule has 0 N–H and O–H groups in total. The van der Waals surface area contributed by atoms with Gasteiger partial charge in [0.05, 0.1) is 0 Å². The minimum atomic E-state index is 0.161. The van der Waals surface area contributed by atoms with Gasteiger partial charge in [0, 0.05) is 36.5 Å². The number of rotatable bonds is 4. The second-order valence-corrected chi connectivity index (χ2v) is 7.71. The van der Waals surface area contributed by atoms with Crippen molar-refractivity contribution < 1.29 is 4.79 Å². The van der Waals surface area contributed by atoms with Crippen LogP contribution in [0.3, 0.4) is 0 Å². The molecule has 23 heavy (non-hydrogen) atoms. The third-order valence-electron chi connectivity index (χ3n) is 5.50. The topological polar surface area (TPSA) is 33.2 Å². The predicted molar refractivity (Wildman–Crippen MR) is 92.4 cm³/mol. The van der Waals surface area contributed by atoms with Gasteiger partial charge < -0.3 is 4.90 Å². The molecule has 0 radical (unpaired) electrons. The lowest BCUT2D eigenvalue weighted by atomic mass is 9.88. The first kappa shape index (κ1) is 15.1. The number of ketones is 1. The van der Waals surface area contributed by atoms with E-state index in [1.807, 2.05) is 6.20 Å². The third kappa shape index (κ3) is 3.40. The molecule has 2 fully saturated rings. The molecule has 1 saturated heterocycles. The Morgan fingerprint density at radius 1 is 1.35 bits per heavy atom. The van der Waals surface area contributed by atoms with Crippen molar-refractivity contribution in [2.24, 2.45) is 17.8 Å². The molecule has 2 aliphatic carbocycles. The van der Waals surface area contributed by atoms with Crippen molar-refractivity contribution in [3.05, 3.63) is 35.2 Å². The number of carbonyl (C=O) groups excluding carboxylic acids is 1. The van der Waals surface area contributed by atoms with E-state index in [4.69, 9.17) is 0 Å². The molecule has 122 valence electrons. The second-order valence-electron chi connectivity index (χ2n) is 7.71. The molecule has 0 bridgehead atoms. The summed E-state index contributed by atoms with van der Waals surface area (Å²) >= 11 is 0. The SMILES string of the molecule is CC1C=Cc2cc(C(=O)C3CCCN(CC4CC4)C3)cnc2C1. The molecular formula is C20H26N2O. The quantitative estimate of drug-likeness (QED) is 0.797. The van der Waals surface area contributed by atoms with E-state index in [-0.39, 0.29) is 5.92 Å². The van der Waals surface area contributed by atoms with Crippen LogP contribution >= 0.6 is 0 Å². The number of pyridine rings is 1. The van der Waals surface area contributed by atoms with E-state index < -0.39 is 0 Å². The number of likely N-dealkylation sites (tertiary alicyclic amines) is 1.